The normalized spacial score (nSPS) is 10.2. The summed E-state index contributed by atoms with van der Waals surface area (Å²) < 4.78 is 6.03. The number of benzene rings is 1. The van der Waals surface area contributed by atoms with Crippen molar-refractivity contribution in [3.8, 4) is 5.75 Å². The van der Waals surface area contributed by atoms with Crippen molar-refractivity contribution in [3.63, 3.8) is 0 Å². The summed E-state index contributed by atoms with van der Waals surface area (Å²) in [6.45, 7) is 2.77. The summed E-state index contributed by atoms with van der Waals surface area (Å²) in [5.74, 6) is 0.140. The van der Waals surface area contributed by atoms with E-state index >= 15 is 0 Å². The third kappa shape index (κ3) is 5.86. The van der Waals surface area contributed by atoms with Crippen molar-refractivity contribution in [2.75, 3.05) is 19.7 Å². The van der Waals surface area contributed by atoms with Crippen LogP contribution in [0.3, 0.4) is 0 Å². The number of nitrogens with zero attached hydrogens (tertiary/aromatic N) is 1. The first-order valence-electron chi connectivity index (χ1n) is 7.55. The second kappa shape index (κ2) is 9.30. The maximum absolute atomic E-state index is 12.2. The van der Waals surface area contributed by atoms with E-state index in [4.69, 9.17) is 16.3 Å². The quantitative estimate of drug-likeness (QED) is 0.781. The number of likely N-dealkylation sites (N-methyl/N-ethyl adjacent to an activating group) is 1. The third-order valence-electron chi connectivity index (χ3n) is 3.26. The zero-order valence-corrected chi connectivity index (χ0v) is 14.9. The number of carbonyl (C=O) groups is 2. The highest BCUT2D eigenvalue weighted by Gasteiger charge is 2.14. The van der Waals surface area contributed by atoms with Gasteiger partial charge in [0.1, 0.15) is 5.75 Å². The molecule has 0 aliphatic heterocycles. The van der Waals surface area contributed by atoms with Gasteiger partial charge in [-0.25, -0.2) is 0 Å². The van der Waals surface area contributed by atoms with Crippen LogP contribution in [-0.2, 0) is 16.1 Å². The molecule has 0 saturated heterocycles. The van der Waals surface area contributed by atoms with Crippen LogP contribution in [-0.4, -0.2) is 36.4 Å². The van der Waals surface area contributed by atoms with E-state index in [1.807, 2.05) is 37.3 Å². The van der Waals surface area contributed by atoms with E-state index in [0.717, 1.165) is 4.88 Å². The lowest BCUT2D eigenvalue weighted by molar-refractivity contribution is -0.133. The van der Waals surface area contributed by atoms with E-state index in [9.17, 15) is 9.59 Å². The highest BCUT2D eigenvalue weighted by Crippen LogP contribution is 2.22. The van der Waals surface area contributed by atoms with Gasteiger partial charge in [0, 0.05) is 11.4 Å². The summed E-state index contributed by atoms with van der Waals surface area (Å²) in [7, 11) is 0. The molecule has 24 heavy (non-hydrogen) atoms. The number of amides is 2. The maximum atomic E-state index is 12.2. The number of ether oxygens (including phenoxy) is 1. The number of carbonyl (C=O) groups excluding carboxylic acids is 2. The van der Waals surface area contributed by atoms with Crippen LogP contribution in [0.25, 0.3) is 0 Å². The zero-order valence-electron chi connectivity index (χ0n) is 13.3. The summed E-state index contributed by atoms with van der Waals surface area (Å²) in [6, 6.07) is 12.8. The molecule has 1 heterocycles. The van der Waals surface area contributed by atoms with Crippen LogP contribution in [0.2, 0.25) is 4.34 Å². The Bertz CT molecular complexity index is 675. The number of hydrogen-bond donors (Lipinski definition) is 1. The van der Waals surface area contributed by atoms with Crippen molar-refractivity contribution in [2.24, 2.45) is 0 Å². The van der Waals surface area contributed by atoms with Crippen LogP contribution >= 0.6 is 22.9 Å². The molecule has 0 aliphatic rings. The van der Waals surface area contributed by atoms with E-state index in [0.29, 0.717) is 23.2 Å². The Morgan fingerprint density at radius 3 is 2.58 bits per heavy atom. The minimum atomic E-state index is -0.331. The highest BCUT2D eigenvalue weighted by atomic mass is 35.5. The van der Waals surface area contributed by atoms with Gasteiger partial charge >= 0.3 is 0 Å². The zero-order chi connectivity index (χ0) is 17.4. The Morgan fingerprint density at radius 1 is 1.21 bits per heavy atom. The Labute approximate surface area is 150 Å². The molecule has 0 saturated carbocycles. The smallest absolute Gasteiger partial charge is 0.258 e. The summed E-state index contributed by atoms with van der Waals surface area (Å²) in [5, 5.41) is 2.58. The van der Waals surface area contributed by atoms with Crippen LogP contribution in [0, 0.1) is 0 Å². The van der Waals surface area contributed by atoms with Gasteiger partial charge in [-0.1, -0.05) is 29.8 Å². The van der Waals surface area contributed by atoms with Gasteiger partial charge in [0.2, 0.25) is 5.91 Å². The van der Waals surface area contributed by atoms with Crippen molar-refractivity contribution >= 4 is 34.8 Å². The molecule has 1 N–H and O–H groups in total. The van der Waals surface area contributed by atoms with Gasteiger partial charge in [-0.05, 0) is 31.2 Å². The van der Waals surface area contributed by atoms with Crippen molar-refractivity contribution in [1.82, 2.24) is 10.2 Å². The molecule has 0 bridgehead atoms. The minimum Gasteiger partial charge on any atom is -0.484 e. The van der Waals surface area contributed by atoms with Crippen molar-refractivity contribution < 1.29 is 14.3 Å². The second-order valence-corrected chi connectivity index (χ2v) is 6.79. The largest absolute Gasteiger partial charge is 0.484 e. The molecule has 0 atom stereocenters. The lowest BCUT2D eigenvalue weighted by atomic mass is 10.3. The van der Waals surface area contributed by atoms with Crippen molar-refractivity contribution in [2.45, 2.75) is 13.5 Å². The molecule has 2 amide bonds. The lowest BCUT2D eigenvalue weighted by Crippen LogP contribution is -2.41. The summed E-state index contributed by atoms with van der Waals surface area (Å²) in [4.78, 5) is 26.7. The second-order valence-electron chi connectivity index (χ2n) is 4.99. The maximum Gasteiger partial charge on any atom is 0.258 e. The average molecular weight is 367 g/mol. The number of halogens is 1. The van der Waals surface area contributed by atoms with Crippen LogP contribution in [0.4, 0.5) is 0 Å². The predicted molar refractivity (Wildman–Crippen MR) is 95.4 cm³/mol. The molecule has 0 aliphatic carbocycles. The average Bonchev–Trinajstić information content (AvgIpc) is 3.01. The molecule has 2 rings (SSSR count). The van der Waals surface area contributed by atoms with Crippen molar-refractivity contribution in [1.29, 1.82) is 0 Å². The van der Waals surface area contributed by atoms with Gasteiger partial charge in [-0.15, -0.1) is 11.3 Å². The number of para-hydroxylation sites is 1. The van der Waals surface area contributed by atoms with Gasteiger partial charge in [-0.3, -0.25) is 9.59 Å². The standard InChI is InChI=1S/C17H19ClN2O3S/c1-2-20(11-14-8-9-15(18)24-14)17(22)10-19-16(21)12-23-13-6-4-3-5-7-13/h3-9H,2,10-12H2,1H3,(H,19,21). The number of hydrogen-bond acceptors (Lipinski definition) is 4. The minimum absolute atomic E-state index is 0.0517. The Hall–Kier alpha value is -2.05. The van der Waals surface area contributed by atoms with E-state index in [1.54, 1.807) is 17.0 Å². The predicted octanol–water partition coefficient (Wildman–Crippen LogP) is 2.95. The summed E-state index contributed by atoms with van der Waals surface area (Å²) in [6.07, 6.45) is 0. The molecule has 0 spiro atoms. The van der Waals surface area contributed by atoms with Gasteiger partial charge in [0.15, 0.2) is 6.61 Å². The molecule has 5 nitrogen and oxygen atoms in total. The molecule has 2 aromatic rings. The first-order valence-corrected chi connectivity index (χ1v) is 8.74. The SMILES string of the molecule is CCN(Cc1ccc(Cl)s1)C(=O)CNC(=O)COc1ccccc1. The van der Waals surface area contributed by atoms with Crippen LogP contribution in [0.15, 0.2) is 42.5 Å². The monoisotopic (exact) mass is 366 g/mol. The fraction of sp³-hybridized carbons (Fsp3) is 0.294. The molecule has 0 radical (unpaired) electrons. The molecule has 7 heteroatoms. The van der Waals surface area contributed by atoms with Gasteiger partial charge in [0.25, 0.3) is 5.91 Å². The summed E-state index contributed by atoms with van der Waals surface area (Å²) in [5.41, 5.74) is 0. The van der Waals surface area contributed by atoms with Crippen LogP contribution in [0.1, 0.15) is 11.8 Å². The molecule has 1 aromatic carbocycles. The fourth-order valence-corrected chi connectivity index (χ4v) is 3.11. The molecule has 1 aromatic heterocycles. The van der Waals surface area contributed by atoms with Crippen LogP contribution in [0.5, 0.6) is 5.75 Å². The Balaban J connectivity index is 1.75. The van der Waals surface area contributed by atoms with Crippen molar-refractivity contribution in [3.05, 3.63) is 51.7 Å². The number of rotatable bonds is 8. The molecule has 128 valence electrons. The number of thiophene rings is 1. The molecule has 0 fully saturated rings. The summed E-state index contributed by atoms with van der Waals surface area (Å²) >= 11 is 7.34. The van der Waals surface area contributed by atoms with E-state index in [1.165, 1.54) is 11.3 Å². The highest BCUT2D eigenvalue weighted by molar-refractivity contribution is 7.16. The van der Waals surface area contributed by atoms with Gasteiger partial charge in [0.05, 0.1) is 17.4 Å². The third-order valence-corrected chi connectivity index (χ3v) is 4.48. The Morgan fingerprint density at radius 2 is 1.96 bits per heavy atom. The Kier molecular flexibility index (Phi) is 7.08. The topological polar surface area (TPSA) is 58.6 Å². The van der Waals surface area contributed by atoms with E-state index in [-0.39, 0.29) is 25.0 Å². The first-order chi connectivity index (χ1) is 11.6. The van der Waals surface area contributed by atoms with E-state index in [2.05, 4.69) is 5.32 Å². The molecular formula is C17H19ClN2O3S. The van der Waals surface area contributed by atoms with Gasteiger partial charge in [-0.2, -0.15) is 0 Å². The molecular weight excluding hydrogens is 348 g/mol. The number of nitrogens with one attached hydrogen (secondary N) is 1. The van der Waals surface area contributed by atoms with Gasteiger partial charge < -0.3 is 15.0 Å². The lowest BCUT2D eigenvalue weighted by Gasteiger charge is -2.20. The van der Waals surface area contributed by atoms with Crippen LogP contribution < -0.4 is 10.1 Å². The first kappa shape index (κ1) is 18.3. The fourth-order valence-electron chi connectivity index (χ4n) is 2.00. The molecule has 0 unspecified atom stereocenters. The van der Waals surface area contributed by atoms with E-state index < -0.39 is 0 Å².